The number of aromatic nitrogens is 1. The smallest absolute Gasteiger partial charge is 0.341 e. The standard InChI is InChI=1S/C23H24FN3O6S3/c1-3-33-22(30)20-14-6-4-5-7-16(14)34-21(20)25-18(28)11-36(31,32)12-19(29)26-23-27(2)15-9-8-13(24)10-17(15)35-23/h8-10H,3-7,11-12H2,1-2H3,(H,25,28). The number of esters is 1. The maximum absolute atomic E-state index is 13.5. The summed E-state index contributed by atoms with van der Waals surface area (Å²) in [5, 5.41) is 2.80. The number of rotatable bonds is 7. The Morgan fingerprint density at radius 3 is 2.67 bits per heavy atom. The van der Waals surface area contributed by atoms with Gasteiger partial charge in [-0.1, -0.05) is 11.3 Å². The Bertz CT molecular complexity index is 1530. The normalized spacial score (nSPS) is 14.0. The quantitative estimate of drug-likeness (QED) is 0.449. The van der Waals surface area contributed by atoms with E-state index in [1.807, 2.05) is 0 Å². The molecule has 0 saturated heterocycles. The number of thiazole rings is 1. The van der Waals surface area contributed by atoms with E-state index in [4.69, 9.17) is 4.74 Å². The van der Waals surface area contributed by atoms with Crippen LogP contribution in [0.1, 0.15) is 40.6 Å². The van der Waals surface area contributed by atoms with Crippen LogP contribution >= 0.6 is 22.7 Å². The van der Waals surface area contributed by atoms with Gasteiger partial charge in [0.15, 0.2) is 14.6 Å². The summed E-state index contributed by atoms with van der Waals surface area (Å²) in [5.74, 6) is -4.69. The van der Waals surface area contributed by atoms with Crippen LogP contribution in [0.25, 0.3) is 10.2 Å². The molecule has 0 fully saturated rings. The summed E-state index contributed by atoms with van der Waals surface area (Å²) in [5.41, 5.74) is 1.77. The van der Waals surface area contributed by atoms with Crippen molar-refractivity contribution in [1.82, 2.24) is 4.57 Å². The first-order chi connectivity index (χ1) is 17.1. The number of ether oxygens (including phenoxy) is 1. The zero-order valence-corrected chi connectivity index (χ0v) is 22.1. The summed E-state index contributed by atoms with van der Waals surface area (Å²) in [4.78, 5) is 42.6. The SMILES string of the molecule is CCOC(=O)c1c(NC(=O)CS(=O)(=O)CC(=O)N=c2sc3cc(F)ccc3n2C)sc2c1CCCC2. The van der Waals surface area contributed by atoms with Crippen LogP contribution in [0, 0.1) is 5.82 Å². The van der Waals surface area contributed by atoms with Gasteiger partial charge in [0.1, 0.15) is 22.3 Å². The summed E-state index contributed by atoms with van der Waals surface area (Å²) in [6, 6.07) is 4.12. The van der Waals surface area contributed by atoms with Crippen molar-refractivity contribution in [2.24, 2.45) is 12.0 Å². The van der Waals surface area contributed by atoms with Crippen LogP contribution in [-0.4, -0.2) is 48.9 Å². The fourth-order valence-electron chi connectivity index (χ4n) is 4.03. The topological polar surface area (TPSA) is 124 Å². The summed E-state index contributed by atoms with van der Waals surface area (Å²) >= 11 is 2.30. The van der Waals surface area contributed by atoms with Crippen LogP contribution in [-0.2, 0) is 44.1 Å². The van der Waals surface area contributed by atoms with Crippen LogP contribution in [0.15, 0.2) is 23.2 Å². The van der Waals surface area contributed by atoms with E-state index < -0.39 is 44.9 Å². The summed E-state index contributed by atoms with van der Waals surface area (Å²) in [6.45, 7) is 1.85. The Kier molecular flexibility index (Phi) is 7.71. The molecule has 1 N–H and O–H groups in total. The van der Waals surface area contributed by atoms with E-state index in [0.717, 1.165) is 41.0 Å². The third kappa shape index (κ3) is 5.73. The van der Waals surface area contributed by atoms with Gasteiger partial charge < -0.3 is 14.6 Å². The summed E-state index contributed by atoms with van der Waals surface area (Å²) in [7, 11) is -2.52. The first kappa shape index (κ1) is 26.2. The average molecular weight is 554 g/mol. The number of aryl methyl sites for hydroxylation is 2. The van der Waals surface area contributed by atoms with Crippen LogP contribution in [0.2, 0.25) is 0 Å². The summed E-state index contributed by atoms with van der Waals surface area (Å²) in [6.07, 6.45) is 3.34. The third-order valence-electron chi connectivity index (χ3n) is 5.59. The van der Waals surface area contributed by atoms with Gasteiger partial charge in [-0.3, -0.25) is 9.59 Å². The Balaban J connectivity index is 1.48. The fraction of sp³-hybridized carbons (Fsp3) is 0.391. The molecule has 1 aliphatic carbocycles. The van der Waals surface area contributed by atoms with Gasteiger partial charge in [0, 0.05) is 11.9 Å². The fourth-order valence-corrected chi connectivity index (χ4v) is 7.40. The molecule has 0 spiro atoms. The van der Waals surface area contributed by atoms with Crippen molar-refractivity contribution in [3.05, 3.63) is 44.8 Å². The second-order valence-corrected chi connectivity index (χ2v) is 12.5. The molecule has 13 heteroatoms. The van der Waals surface area contributed by atoms with Crippen molar-refractivity contribution >= 4 is 65.5 Å². The van der Waals surface area contributed by atoms with E-state index in [1.165, 1.54) is 23.5 Å². The molecule has 2 heterocycles. The highest BCUT2D eigenvalue weighted by atomic mass is 32.2. The molecule has 192 valence electrons. The summed E-state index contributed by atoms with van der Waals surface area (Å²) < 4.78 is 45.9. The number of hydrogen-bond acceptors (Lipinski definition) is 8. The van der Waals surface area contributed by atoms with Crippen molar-refractivity contribution in [1.29, 1.82) is 0 Å². The highest BCUT2D eigenvalue weighted by molar-refractivity contribution is 7.92. The maximum Gasteiger partial charge on any atom is 0.341 e. The molecule has 4 rings (SSSR count). The molecule has 3 aromatic rings. The van der Waals surface area contributed by atoms with Crippen LogP contribution < -0.4 is 10.1 Å². The number of benzene rings is 1. The van der Waals surface area contributed by atoms with Gasteiger partial charge in [-0.2, -0.15) is 4.99 Å². The van der Waals surface area contributed by atoms with Crippen molar-refractivity contribution in [3.8, 4) is 0 Å². The van der Waals surface area contributed by atoms with E-state index in [-0.39, 0.29) is 22.0 Å². The van der Waals surface area contributed by atoms with Gasteiger partial charge in [-0.15, -0.1) is 11.3 Å². The minimum Gasteiger partial charge on any atom is -0.462 e. The number of nitrogens with one attached hydrogen (secondary N) is 1. The molecular weight excluding hydrogens is 529 g/mol. The van der Waals surface area contributed by atoms with Crippen molar-refractivity contribution < 1.29 is 31.9 Å². The second-order valence-electron chi connectivity index (χ2n) is 8.28. The van der Waals surface area contributed by atoms with E-state index in [1.54, 1.807) is 24.6 Å². The Hall–Kier alpha value is -2.90. The molecule has 2 amide bonds. The predicted octanol–water partition coefficient (Wildman–Crippen LogP) is 2.98. The van der Waals surface area contributed by atoms with Crippen LogP contribution in [0.4, 0.5) is 9.39 Å². The molecule has 36 heavy (non-hydrogen) atoms. The lowest BCUT2D eigenvalue weighted by Gasteiger charge is -2.12. The molecule has 1 aliphatic rings. The predicted molar refractivity (Wildman–Crippen MR) is 136 cm³/mol. The molecule has 9 nitrogen and oxygen atoms in total. The molecular formula is C23H24FN3O6S3. The molecule has 0 aliphatic heterocycles. The van der Waals surface area contributed by atoms with E-state index in [2.05, 4.69) is 10.3 Å². The molecule has 0 bridgehead atoms. The highest BCUT2D eigenvalue weighted by Crippen LogP contribution is 2.38. The number of anilines is 1. The molecule has 0 radical (unpaired) electrons. The lowest BCUT2D eigenvalue weighted by Crippen LogP contribution is -2.28. The van der Waals surface area contributed by atoms with E-state index >= 15 is 0 Å². The van der Waals surface area contributed by atoms with Crippen molar-refractivity contribution in [3.63, 3.8) is 0 Å². The molecule has 2 aromatic heterocycles. The van der Waals surface area contributed by atoms with Gasteiger partial charge >= 0.3 is 5.97 Å². The van der Waals surface area contributed by atoms with Crippen molar-refractivity contribution in [2.75, 3.05) is 23.4 Å². The van der Waals surface area contributed by atoms with Gasteiger partial charge in [-0.05, 0) is 56.4 Å². The minimum absolute atomic E-state index is 0.170. The second kappa shape index (κ2) is 10.6. The lowest BCUT2D eigenvalue weighted by atomic mass is 9.95. The third-order valence-corrected chi connectivity index (χ3v) is 9.28. The highest BCUT2D eigenvalue weighted by Gasteiger charge is 2.28. The number of carbonyl (C=O) groups excluding carboxylic acids is 3. The molecule has 0 atom stereocenters. The number of hydrogen-bond donors (Lipinski definition) is 1. The average Bonchev–Trinajstić information content (AvgIpc) is 3.29. The van der Waals surface area contributed by atoms with Gasteiger partial charge in [0.2, 0.25) is 5.91 Å². The number of sulfone groups is 1. The largest absolute Gasteiger partial charge is 0.462 e. The number of carbonyl (C=O) groups is 3. The first-order valence-electron chi connectivity index (χ1n) is 11.2. The monoisotopic (exact) mass is 553 g/mol. The minimum atomic E-state index is -4.15. The molecule has 0 unspecified atom stereocenters. The van der Waals surface area contributed by atoms with Crippen molar-refractivity contribution in [2.45, 2.75) is 32.6 Å². The molecule has 0 saturated carbocycles. The zero-order chi connectivity index (χ0) is 26.0. The Morgan fingerprint density at radius 2 is 1.92 bits per heavy atom. The van der Waals surface area contributed by atoms with Gasteiger partial charge in [-0.25, -0.2) is 17.6 Å². The van der Waals surface area contributed by atoms with Crippen LogP contribution in [0.3, 0.4) is 0 Å². The Morgan fingerprint density at radius 1 is 1.17 bits per heavy atom. The Labute approximate surface area is 214 Å². The van der Waals surface area contributed by atoms with Gasteiger partial charge in [0.25, 0.3) is 5.91 Å². The van der Waals surface area contributed by atoms with E-state index in [9.17, 15) is 27.2 Å². The molecule has 1 aromatic carbocycles. The van der Waals surface area contributed by atoms with E-state index in [0.29, 0.717) is 16.6 Å². The zero-order valence-electron chi connectivity index (χ0n) is 19.6. The van der Waals surface area contributed by atoms with Gasteiger partial charge in [0.05, 0.1) is 22.4 Å². The number of halogens is 1. The lowest BCUT2D eigenvalue weighted by molar-refractivity contribution is -0.115. The maximum atomic E-state index is 13.5. The first-order valence-corrected chi connectivity index (χ1v) is 14.7. The number of nitrogens with zero attached hydrogens (tertiary/aromatic N) is 2. The number of fused-ring (bicyclic) bond motifs is 2. The van der Waals surface area contributed by atoms with Crippen LogP contribution in [0.5, 0.6) is 0 Å². The number of thiophene rings is 1. The number of amides is 2.